The normalized spacial score (nSPS) is 17.4. The van der Waals surface area contributed by atoms with E-state index in [0.29, 0.717) is 5.92 Å². The zero-order valence-corrected chi connectivity index (χ0v) is 13.1. The lowest BCUT2D eigenvalue weighted by Crippen LogP contribution is -2.33. The van der Waals surface area contributed by atoms with Crippen LogP contribution in [0.3, 0.4) is 0 Å². The maximum atomic E-state index is 5.93. The predicted molar refractivity (Wildman–Crippen MR) is 89.9 cm³/mol. The number of hydrogen-bond donors (Lipinski definition) is 1. The van der Waals surface area contributed by atoms with Gasteiger partial charge in [-0.25, -0.2) is 0 Å². The first kappa shape index (κ1) is 14.4. The van der Waals surface area contributed by atoms with Crippen LogP contribution < -0.4 is 5.32 Å². The van der Waals surface area contributed by atoms with Gasteiger partial charge in [0.15, 0.2) is 0 Å². The van der Waals surface area contributed by atoms with Gasteiger partial charge < -0.3 is 10.2 Å². The van der Waals surface area contributed by atoms with Crippen LogP contribution in [0.1, 0.15) is 11.1 Å². The van der Waals surface area contributed by atoms with Crippen LogP contribution in [0.15, 0.2) is 48.5 Å². The molecule has 0 saturated carbocycles. The molecule has 0 aliphatic carbocycles. The molecule has 0 fully saturated rings. The molecule has 1 unspecified atom stereocenters. The van der Waals surface area contributed by atoms with Gasteiger partial charge in [-0.15, -0.1) is 0 Å². The summed E-state index contributed by atoms with van der Waals surface area (Å²) in [6.07, 6.45) is 1.16. The van der Waals surface area contributed by atoms with Crippen LogP contribution in [0.4, 0.5) is 5.69 Å². The Bertz CT molecular complexity index is 594. The molecule has 0 spiro atoms. The third-order valence-electron chi connectivity index (χ3n) is 4.04. The molecule has 1 aliphatic rings. The van der Waals surface area contributed by atoms with Crippen LogP contribution in [0.25, 0.3) is 0 Å². The highest BCUT2D eigenvalue weighted by atomic mass is 35.5. The molecule has 110 valence electrons. The number of rotatable bonds is 4. The molecule has 2 aromatic carbocycles. The molecule has 21 heavy (non-hydrogen) atoms. The number of hydrogen-bond acceptors (Lipinski definition) is 2. The van der Waals surface area contributed by atoms with Crippen molar-refractivity contribution in [3.63, 3.8) is 0 Å². The van der Waals surface area contributed by atoms with E-state index >= 15 is 0 Å². The number of anilines is 1. The second-order valence-corrected chi connectivity index (χ2v) is 6.37. The number of nitrogens with one attached hydrogen (secondary N) is 1. The number of fused-ring (bicyclic) bond motifs is 1. The van der Waals surface area contributed by atoms with Gasteiger partial charge in [-0.3, -0.25) is 0 Å². The van der Waals surface area contributed by atoms with Crippen molar-refractivity contribution >= 4 is 17.3 Å². The van der Waals surface area contributed by atoms with Crippen LogP contribution in [0, 0.1) is 5.92 Å². The average Bonchev–Trinajstić information content (AvgIpc) is 2.49. The van der Waals surface area contributed by atoms with E-state index in [1.54, 1.807) is 0 Å². The highest BCUT2D eigenvalue weighted by Gasteiger charge is 2.19. The topological polar surface area (TPSA) is 15.3 Å². The van der Waals surface area contributed by atoms with Gasteiger partial charge >= 0.3 is 0 Å². The van der Waals surface area contributed by atoms with Crippen molar-refractivity contribution in [2.75, 3.05) is 25.5 Å². The maximum absolute atomic E-state index is 5.93. The summed E-state index contributed by atoms with van der Waals surface area (Å²) in [6, 6.07) is 16.8. The summed E-state index contributed by atoms with van der Waals surface area (Å²) >= 11 is 5.93. The monoisotopic (exact) mass is 300 g/mol. The standard InChI is InChI=1S/C18H21ClN2/c1-21(12-14-6-8-17(19)9-7-14)13-15-10-16-4-2-3-5-18(16)20-11-15/h2-9,15,20H,10-13H2,1H3. The molecule has 1 atom stereocenters. The Morgan fingerprint density at radius 1 is 1.14 bits per heavy atom. The van der Waals surface area contributed by atoms with E-state index in [0.717, 1.165) is 31.1 Å². The summed E-state index contributed by atoms with van der Waals surface area (Å²) in [6.45, 7) is 3.13. The van der Waals surface area contributed by atoms with Crippen LogP contribution in [0.5, 0.6) is 0 Å². The molecule has 2 aromatic rings. The van der Waals surface area contributed by atoms with Crippen LogP contribution in [-0.4, -0.2) is 25.0 Å². The van der Waals surface area contributed by atoms with Gasteiger partial charge in [-0.05, 0) is 48.7 Å². The number of halogens is 1. The molecule has 1 heterocycles. The lowest BCUT2D eigenvalue weighted by molar-refractivity contribution is 0.271. The Kier molecular flexibility index (Phi) is 4.47. The van der Waals surface area contributed by atoms with Gasteiger partial charge in [0.1, 0.15) is 0 Å². The van der Waals surface area contributed by atoms with Crippen molar-refractivity contribution < 1.29 is 0 Å². The van der Waals surface area contributed by atoms with Crippen molar-refractivity contribution in [1.82, 2.24) is 4.90 Å². The Hall–Kier alpha value is -1.51. The molecule has 0 radical (unpaired) electrons. The molecule has 1 N–H and O–H groups in total. The Labute approximate surface area is 131 Å². The molecule has 0 aromatic heterocycles. The Balaban J connectivity index is 1.56. The molecule has 0 amide bonds. The minimum Gasteiger partial charge on any atom is -0.384 e. The summed E-state index contributed by atoms with van der Waals surface area (Å²) < 4.78 is 0. The second-order valence-electron chi connectivity index (χ2n) is 5.93. The van der Waals surface area contributed by atoms with Crippen molar-refractivity contribution in [2.45, 2.75) is 13.0 Å². The predicted octanol–water partition coefficient (Wildman–Crippen LogP) is 4.06. The molecule has 0 saturated heterocycles. The van der Waals surface area contributed by atoms with E-state index in [4.69, 9.17) is 11.6 Å². The number of para-hydroxylation sites is 1. The largest absolute Gasteiger partial charge is 0.384 e. The lowest BCUT2D eigenvalue weighted by Gasteiger charge is -2.29. The van der Waals surface area contributed by atoms with Crippen molar-refractivity contribution in [3.8, 4) is 0 Å². The third kappa shape index (κ3) is 3.78. The highest BCUT2D eigenvalue weighted by molar-refractivity contribution is 6.30. The maximum Gasteiger partial charge on any atom is 0.0406 e. The van der Waals surface area contributed by atoms with Gasteiger partial charge in [0, 0.05) is 30.3 Å². The van der Waals surface area contributed by atoms with E-state index in [-0.39, 0.29) is 0 Å². The summed E-state index contributed by atoms with van der Waals surface area (Å²) in [5.74, 6) is 0.664. The first-order valence-electron chi connectivity index (χ1n) is 7.45. The van der Waals surface area contributed by atoms with Gasteiger partial charge in [-0.1, -0.05) is 41.9 Å². The fraction of sp³-hybridized carbons (Fsp3) is 0.333. The second kappa shape index (κ2) is 6.50. The molecule has 2 nitrogen and oxygen atoms in total. The first-order chi connectivity index (χ1) is 10.2. The van der Waals surface area contributed by atoms with Crippen LogP contribution in [0.2, 0.25) is 5.02 Å². The molecule has 3 heteroatoms. The fourth-order valence-corrected chi connectivity index (χ4v) is 3.17. The minimum atomic E-state index is 0.664. The summed E-state index contributed by atoms with van der Waals surface area (Å²) in [4.78, 5) is 2.39. The zero-order valence-electron chi connectivity index (χ0n) is 12.3. The van der Waals surface area contributed by atoms with E-state index in [2.05, 4.69) is 53.7 Å². The minimum absolute atomic E-state index is 0.664. The summed E-state index contributed by atoms with van der Waals surface area (Å²) in [5, 5.41) is 4.35. The SMILES string of the molecule is CN(Cc1ccc(Cl)cc1)CC1CNc2ccccc2C1. The van der Waals surface area contributed by atoms with Crippen molar-refractivity contribution in [1.29, 1.82) is 0 Å². The quantitative estimate of drug-likeness (QED) is 0.916. The van der Waals surface area contributed by atoms with E-state index < -0.39 is 0 Å². The van der Waals surface area contributed by atoms with Crippen molar-refractivity contribution in [2.24, 2.45) is 5.92 Å². The van der Waals surface area contributed by atoms with E-state index in [1.165, 1.54) is 16.8 Å². The van der Waals surface area contributed by atoms with Gasteiger partial charge in [-0.2, -0.15) is 0 Å². The first-order valence-corrected chi connectivity index (χ1v) is 7.83. The Morgan fingerprint density at radius 3 is 2.71 bits per heavy atom. The fourth-order valence-electron chi connectivity index (χ4n) is 3.04. The van der Waals surface area contributed by atoms with Gasteiger partial charge in [0.2, 0.25) is 0 Å². The molecule has 1 aliphatic heterocycles. The van der Waals surface area contributed by atoms with Crippen LogP contribution >= 0.6 is 11.6 Å². The molecular weight excluding hydrogens is 280 g/mol. The van der Waals surface area contributed by atoms with E-state index in [9.17, 15) is 0 Å². The summed E-state index contributed by atoms with van der Waals surface area (Å²) in [5.41, 5.74) is 4.05. The number of nitrogens with zero attached hydrogens (tertiary/aromatic N) is 1. The highest BCUT2D eigenvalue weighted by Crippen LogP contribution is 2.24. The van der Waals surface area contributed by atoms with E-state index in [1.807, 2.05) is 12.1 Å². The molecular formula is C18H21ClN2. The Morgan fingerprint density at radius 2 is 1.90 bits per heavy atom. The smallest absolute Gasteiger partial charge is 0.0406 e. The molecule has 3 rings (SSSR count). The zero-order chi connectivity index (χ0) is 14.7. The summed E-state index contributed by atoms with van der Waals surface area (Å²) in [7, 11) is 2.19. The lowest BCUT2D eigenvalue weighted by atomic mass is 9.93. The van der Waals surface area contributed by atoms with Crippen LogP contribution in [-0.2, 0) is 13.0 Å². The average molecular weight is 301 g/mol. The molecule has 0 bridgehead atoms. The third-order valence-corrected chi connectivity index (χ3v) is 4.29. The number of benzene rings is 2. The van der Waals surface area contributed by atoms with Gasteiger partial charge in [0.05, 0.1) is 0 Å². The van der Waals surface area contributed by atoms with Gasteiger partial charge in [0.25, 0.3) is 0 Å². The van der Waals surface area contributed by atoms with Crippen molar-refractivity contribution in [3.05, 3.63) is 64.7 Å².